The molecule has 2 aliphatic heterocycles. The van der Waals surface area contributed by atoms with E-state index in [1.54, 1.807) is 43.0 Å². The van der Waals surface area contributed by atoms with Gasteiger partial charge in [-0.3, -0.25) is 18.7 Å². The average molecular weight is 685 g/mol. The number of non-ortho nitro benzene ring substituents is 1. The van der Waals surface area contributed by atoms with Gasteiger partial charge in [-0.05, 0) is 63.9 Å². The van der Waals surface area contributed by atoms with Gasteiger partial charge in [0.1, 0.15) is 10.7 Å². The maximum atomic E-state index is 14.1. The first kappa shape index (κ1) is 35.5. The summed E-state index contributed by atoms with van der Waals surface area (Å²) in [6, 6.07) is 16.8. The molecule has 14 heteroatoms. The fraction of sp³-hybridized carbons (Fsp3) is 0.333. The molecule has 3 aromatic carbocycles. The van der Waals surface area contributed by atoms with Crippen molar-refractivity contribution in [1.82, 2.24) is 0 Å². The lowest BCUT2D eigenvalue weighted by Crippen LogP contribution is -3.11. The number of aliphatic hydroxyl groups is 1. The Morgan fingerprint density at radius 3 is 1.62 bits per heavy atom. The fourth-order valence-corrected chi connectivity index (χ4v) is 9.85. The van der Waals surface area contributed by atoms with Crippen LogP contribution in [0, 0.1) is 10.1 Å². The molecule has 0 radical (unpaired) electrons. The number of nitro benzene ring substituents is 1. The van der Waals surface area contributed by atoms with Crippen LogP contribution in [0.25, 0.3) is 11.5 Å². The first-order chi connectivity index (χ1) is 22.3. The Balaban J connectivity index is 0.000000644. The normalized spacial score (nSPS) is 17.1. The summed E-state index contributed by atoms with van der Waals surface area (Å²) in [5.41, 5.74) is 0.158. The van der Waals surface area contributed by atoms with Gasteiger partial charge < -0.3 is 15.1 Å². The molecule has 2 heterocycles. The van der Waals surface area contributed by atoms with Gasteiger partial charge in [0, 0.05) is 30.8 Å². The lowest BCUT2D eigenvalue weighted by atomic mass is 9.93. The Morgan fingerprint density at radius 1 is 0.723 bits per heavy atom. The highest BCUT2D eigenvalue weighted by Gasteiger charge is 2.47. The molecule has 2 aliphatic rings. The van der Waals surface area contributed by atoms with Crippen LogP contribution in [0.5, 0.6) is 0 Å². The smallest absolute Gasteiger partial charge is 0.269 e. The number of quaternary nitrogens is 1. The number of fused-ring (bicyclic) bond motifs is 2. The van der Waals surface area contributed by atoms with Gasteiger partial charge in [-0.1, -0.05) is 48.2 Å². The zero-order chi connectivity index (χ0) is 34.7. The Labute approximate surface area is 276 Å². The molecule has 252 valence electrons. The molecule has 47 heavy (non-hydrogen) atoms. The molecule has 5 rings (SSSR count). The van der Waals surface area contributed by atoms with Crippen LogP contribution in [0.15, 0.2) is 82.6 Å². The number of para-hydroxylation sites is 2. The fourth-order valence-electron chi connectivity index (χ4n) is 5.98. The van der Waals surface area contributed by atoms with E-state index in [-0.39, 0.29) is 46.8 Å². The molecular formula is C33H40N4O8S2. The number of anilines is 2. The largest absolute Gasteiger partial charge is 0.871 e. The molecule has 3 aromatic rings. The number of nitrogens with zero attached hydrogens (tertiary/aromatic N) is 3. The summed E-state index contributed by atoms with van der Waals surface area (Å²) in [7, 11) is -9.24. The second-order valence-corrected chi connectivity index (χ2v) is 14.5. The summed E-state index contributed by atoms with van der Waals surface area (Å²) >= 11 is 0. The number of allylic oxidation sites excluding steroid dienone is 2. The van der Waals surface area contributed by atoms with Crippen molar-refractivity contribution in [1.29, 1.82) is 0 Å². The van der Waals surface area contributed by atoms with Gasteiger partial charge in [-0.2, -0.15) is 0 Å². The molecule has 0 unspecified atom stereocenters. The molecule has 2 N–H and O–H groups in total. The number of benzene rings is 3. The van der Waals surface area contributed by atoms with E-state index in [0.29, 0.717) is 0 Å². The first-order valence-corrected chi connectivity index (χ1v) is 18.4. The maximum absolute atomic E-state index is 14.1. The summed E-state index contributed by atoms with van der Waals surface area (Å²) < 4.78 is 58.5. The van der Waals surface area contributed by atoms with Crippen molar-refractivity contribution in [3.05, 3.63) is 109 Å². The monoisotopic (exact) mass is 684 g/mol. The van der Waals surface area contributed by atoms with Crippen molar-refractivity contribution < 1.29 is 36.9 Å². The Kier molecular flexibility index (Phi) is 10.7. The van der Waals surface area contributed by atoms with Crippen molar-refractivity contribution in [3.63, 3.8) is 0 Å². The summed E-state index contributed by atoms with van der Waals surface area (Å²) in [6.07, 6.45) is 0. The van der Waals surface area contributed by atoms with Gasteiger partial charge >= 0.3 is 0 Å². The minimum atomic E-state index is -4.64. The molecule has 0 saturated carbocycles. The molecule has 0 aliphatic carbocycles. The van der Waals surface area contributed by atoms with Gasteiger partial charge in [-0.25, -0.2) is 16.8 Å². The highest BCUT2D eigenvalue weighted by atomic mass is 32.2. The number of hydrogen-bond donors (Lipinski definition) is 2. The quantitative estimate of drug-likeness (QED) is 0.255. The summed E-state index contributed by atoms with van der Waals surface area (Å²) in [6.45, 7) is 13.5. The van der Waals surface area contributed by atoms with Gasteiger partial charge in [0.2, 0.25) is 0 Å². The molecule has 0 amide bonds. The van der Waals surface area contributed by atoms with Crippen molar-refractivity contribution in [2.75, 3.05) is 41.3 Å². The van der Waals surface area contributed by atoms with Crippen LogP contribution in [0.4, 0.5) is 17.1 Å². The van der Waals surface area contributed by atoms with E-state index < -0.39 is 52.2 Å². The summed E-state index contributed by atoms with van der Waals surface area (Å²) in [4.78, 5) is 10.9. The van der Waals surface area contributed by atoms with E-state index in [2.05, 4.69) is 20.8 Å². The number of aliphatic hydroxyl groups excluding tert-OH is 1. The SMILES string of the molecule is CCN1c2ccccc2C([O-])=C([C@H](C2=C(O)c3ccccc3N(CC)S2(=O)=O)c2ccc([N+](=O)[O-])cc2)S1(=O)=O.CC[NH+](CC)CC. The van der Waals surface area contributed by atoms with Crippen molar-refractivity contribution >= 4 is 48.6 Å². The van der Waals surface area contributed by atoms with Crippen LogP contribution in [0.3, 0.4) is 0 Å². The van der Waals surface area contributed by atoms with Gasteiger partial charge in [-0.15, -0.1) is 0 Å². The van der Waals surface area contributed by atoms with E-state index in [1.807, 2.05) is 0 Å². The predicted octanol–water partition coefficient (Wildman–Crippen LogP) is 3.60. The van der Waals surface area contributed by atoms with Crippen molar-refractivity contribution in [2.24, 2.45) is 0 Å². The van der Waals surface area contributed by atoms with E-state index in [1.165, 1.54) is 56.0 Å². The Hall–Kier alpha value is -4.40. The highest BCUT2D eigenvalue weighted by Crippen LogP contribution is 2.51. The average Bonchev–Trinajstić information content (AvgIpc) is 3.05. The van der Waals surface area contributed by atoms with Crippen LogP contribution in [0.2, 0.25) is 0 Å². The van der Waals surface area contributed by atoms with Gasteiger partial charge in [0.05, 0.1) is 46.8 Å². The second kappa shape index (κ2) is 14.2. The van der Waals surface area contributed by atoms with Crippen molar-refractivity contribution in [2.45, 2.75) is 40.5 Å². The van der Waals surface area contributed by atoms with Crippen LogP contribution in [-0.2, 0) is 20.0 Å². The Bertz CT molecular complexity index is 1810. The molecule has 0 fully saturated rings. The van der Waals surface area contributed by atoms with Gasteiger partial charge in [0.25, 0.3) is 25.7 Å². The number of nitro groups is 1. The lowest BCUT2D eigenvalue weighted by Gasteiger charge is -2.40. The zero-order valence-corrected chi connectivity index (χ0v) is 28.6. The molecule has 0 aromatic heterocycles. The number of rotatable bonds is 9. The second-order valence-electron chi connectivity index (χ2n) is 10.9. The summed E-state index contributed by atoms with van der Waals surface area (Å²) in [5, 5.41) is 36.8. The zero-order valence-electron chi connectivity index (χ0n) is 27.0. The number of nitrogens with one attached hydrogen (secondary N) is 1. The maximum Gasteiger partial charge on any atom is 0.269 e. The molecule has 0 saturated heterocycles. The number of sulfonamides is 2. The highest BCUT2D eigenvalue weighted by molar-refractivity contribution is 7.98. The lowest BCUT2D eigenvalue weighted by molar-refractivity contribution is -0.894. The number of hydrogen-bond acceptors (Lipinski definition) is 8. The minimum absolute atomic E-state index is 0.0338. The third-order valence-corrected chi connectivity index (χ3v) is 12.5. The third kappa shape index (κ3) is 6.32. The van der Waals surface area contributed by atoms with E-state index >= 15 is 0 Å². The summed E-state index contributed by atoms with van der Waals surface area (Å²) in [5.74, 6) is -3.45. The van der Waals surface area contributed by atoms with E-state index in [9.17, 15) is 37.2 Å². The molecule has 1 atom stereocenters. The molecule has 12 nitrogen and oxygen atoms in total. The molecule has 0 spiro atoms. The van der Waals surface area contributed by atoms with Crippen LogP contribution in [-0.4, -0.2) is 59.6 Å². The van der Waals surface area contributed by atoms with Crippen LogP contribution < -0.4 is 18.6 Å². The third-order valence-electron chi connectivity index (χ3n) is 8.47. The molecular weight excluding hydrogens is 645 g/mol. The van der Waals surface area contributed by atoms with Crippen LogP contribution in [0.1, 0.15) is 57.2 Å². The van der Waals surface area contributed by atoms with Crippen LogP contribution >= 0.6 is 0 Å². The standard InChI is InChI=1S/C27H25N3O8S2.C6H15N/c1-3-28-21-11-7-5-9-19(21)24(31)26(39(28,35)36)23(17-13-15-18(16-14-17)30(33)34)27-25(32)20-10-6-8-12-22(20)29(4-2)40(27,37)38;1-4-7(5-2)6-3/h5-16,23,31-32H,3-4H2,1-2H3;4-6H2,1-3H3. The minimum Gasteiger partial charge on any atom is -0.871 e. The van der Waals surface area contributed by atoms with E-state index in [4.69, 9.17) is 0 Å². The van der Waals surface area contributed by atoms with Crippen molar-refractivity contribution in [3.8, 4) is 0 Å². The van der Waals surface area contributed by atoms with E-state index in [0.717, 1.165) is 20.7 Å². The Morgan fingerprint density at radius 2 is 1.17 bits per heavy atom. The predicted molar refractivity (Wildman–Crippen MR) is 182 cm³/mol. The van der Waals surface area contributed by atoms with Gasteiger partial charge in [0.15, 0.2) is 0 Å². The molecule has 0 bridgehead atoms. The topological polar surface area (TPSA) is 166 Å². The first-order valence-electron chi connectivity index (χ1n) is 15.5.